The second-order valence-corrected chi connectivity index (χ2v) is 17.1. The number of carbonyl (C=O) groups is 1. The standard InChI is InChI=1S/C40H50ClN3O5S/c1-28-7-5-17-40(46,16-3-4-18-43-19-21-48-22-20-43)35-12-9-32(35)25-44-26-39(15-6-8-30-23-33(41)11-13-34(30)39)27-49-37-14-10-31(24-36(37)44)38(45)42-50(47)29(28)2/h5,10-11,13-14,17,23-24,28-29,32,35,46H,4,6-9,12,15,18-22,25-27H2,1-2H3,(H,42,45)/b17-5+/t28?,29?,32?,35?,39-,40+,50?/m0/s1. The van der Waals surface area contributed by atoms with Gasteiger partial charge in [-0.05, 0) is 105 Å². The molecule has 5 unspecified atom stereocenters. The molecule has 3 heterocycles. The molecule has 2 fully saturated rings. The number of benzene rings is 2. The Hall–Kier alpha value is -2.87. The molecule has 2 aromatic carbocycles. The van der Waals surface area contributed by atoms with E-state index in [0.29, 0.717) is 38.1 Å². The lowest BCUT2D eigenvalue weighted by molar-refractivity contribution is -0.00330. The van der Waals surface area contributed by atoms with Crippen molar-refractivity contribution in [3.63, 3.8) is 0 Å². The number of hydrogen-bond acceptors (Lipinski definition) is 7. The minimum atomic E-state index is -1.59. The topological polar surface area (TPSA) is 91.3 Å². The van der Waals surface area contributed by atoms with E-state index in [1.807, 2.05) is 44.2 Å². The van der Waals surface area contributed by atoms with Crippen molar-refractivity contribution in [3.8, 4) is 17.6 Å². The third kappa shape index (κ3) is 7.38. The van der Waals surface area contributed by atoms with Crippen molar-refractivity contribution < 1.29 is 23.6 Å². The maximum atomic E-state index is 13.5. The molecule has 268 valence electrons. The molecule has 0 aromatic heterocycles. The fourth-order valence-electron chi connectivity index (χ4n) is 8.51. The van der Waals surface area contributed by atoms with Crippen molar-refractivity contribution in [1.82, 2.24) is 9.62 Å². The summed E-state index contributed by atoms with van der Waals surface area (Å²) in [5.74, 6) is 7.24. The van der Waals surface area contributed by atoms with Crippen LogP contribution < -0.4 is 14.4 Å². The van der Waals surface area contributed by atoms with Gasteiger partial charge in [-0.25, -0.2) is 4.21 Å². The van der Waals surface area contributed by atoms with Crippen LogP contribution in [0.25, 0.3) is 0 Å². The van der Waals surface area contributed by atoms with Gasteiger partial charge >= 0.3 is 0 Å². The maximum Gasteiger partial charge on any atom is 0.263 e. The Labute approximate surface area is 304 Å². The number of amides is 1. The molecule has 50 heavy (non-hydrogen) atoms. The molecular weight excluding hydrogens is 670 g/mol. The van der Waals surface area contributed by atoms with Crippen molar-refractivity contribution >= 4 is 34.2 Å². The zero-order chi connectivity index (χ0) is 34.9. The predicted octanol–water partition coefficient (Wildman–Crippen LogP) is 5.67. The molecule has 7 atom stereocenters. The number of aliphatic hydroxyl groups is 1. The van der Waals surface area contributed by atoms with E-state index in [2.05, 4.69) is 38.5 Å². The number of carbonyl (C=O) groups excluding carboxylic acids is 1. The summed E-state index contributed by atoms with van der Waals surface area (Å²) in [6.07, 6.45) is 10.1. The van der Waals surface area contributed by atoms with Gasteiger partial charge in [0.05, 0.1) is 30.8 Å². The number of nitrogens with one attached hydrogen (secondary N) is 1. The van der Waals surface area contributed by atoms with Crippen LogP contribution in [0.5, 0.6) is 5.75 Å². The highest BCUT2D eigenvalue weighted by molar-refractivity contribution is 7.84. The molecule has 8 nitrogen and oxygen atoms in total. The first-order valence-electron chi connectivity index (χ1n) is 18.4. The molecule has 2 aromatic rings. The minimum Gasteiger partial charge on any atom is -0.490 e. The van der Waals surface area contributed by atoms with Crippen LogP contribution in [0.15, 0.2) is 48.6 Å². The molecular formula is C40H50ClN3O5S. The van der Waals surface area contributed by atoms with Crippen molar-refractivity contribution in [2.45, 2.75) is 75.1 Å². The Morgan fingerprint density at radius 3 is 2.78 bits per heavy atom. The third-order valence-electron chi connectivity index (χ3n) is 11.9. The Bertz CT molecular complexity index is 1700. The van der Waals surface area contributed by atoms with E-state index >= 15 is 0 Å². The van der Waals surface area contributed by atoms with Crippen molar-refractivity contribution in [3.05, 3.63) is 70.3 Å². The van der Waals surface area contributed by atoms with Crippen LogP contribution in [-0.4, -0.2) is 83.5 Å². The molecule has 1 saturated carbocycles. The summed E-state index contributed by atoms with van der Waals surface area (Å²) < 4.78 is 28.3. The quantitative estimate of drug-likeness (QED) is 0.305. The van der Waals surface area contributed by atoms with Gasteiger partial charge in [-0.15, -0.1) is 0 Å². The highest BCUT2D eigenvalue weighted by atomic mass is 35.5. The van der Waals surface area contributed by atoms with Gasteiger partial charge in [0.1, 0.15) is 22.3 Å². The monoisotopic (exact) mass is 719 g/mol. The number of hydrogen-bond donors (Lipinski definition) is 2. The number of rotatable bonds is 2. The van der Waals surface area contributed by atoms with E-state index in [9.17, 15) is 14.1 Å². The van der Waals surface area contributed by atoms with Crippen LogP contribution in [0.2, 0.25) is 5.02 Å². The predicted molar refractivity (Wildman–Crippen MR) is 199 cm³/mol. The molecule has 10 heteroatoms. The minimum absolute atomic E-state index is 0.0105. The molecule has 5 aliphatic rings. The van der Waals surface area contributed by atoms with E-state index in [-0.39, 0.29) is 34.3 Å². The zero-order valence-corrected chi connectivity index (χ0v) is 30.9. The Balaban J connectivity index is 1.25. The largest absolute Gasteiger partial charge is 0.490 e. The number of allylic oxidation sites excluding steroid dienone is 1. The van der Waals surface area contributed by atoms with Crippen molar-refractivity contribution in [2.75, 3.05) is 57.4 Å². The van der Waals surface area contributed by atoms with Gasteiger partial charge in [0, 0.05) is 61.1 Å². The van der Waals surface area contributed by atoms with Crippen LogP contribution in [-0.2, 0) is 27.6 Å². The van der Waals surface area contributed by atoms with E-state index in [1.165, 1.54) is 11.1 Å². The lowest BCUT2D eigenvalue weighted by Crippen LogP contribution is -2.52. The fraction of sp³-hybridized carbons (Fsp3) is 0.575. The van der Waals surface area contributed by atoms with Gasteiger partial charge in [0.2, 0.25) is 0 Å². The average Bonchev–Trinajstić information content (AvgIpc) is 3.24. The molecule has 2 N–H and O–H groups in total. The molecule has 3 aliphatic heterocycles. The lowest BCUT2D eigenvalue weighted by atomic mass is 9.64. The summed E-state index contributed by atoms with van der Waals surface area (Å²) in [4.78, 5) is 18.3. The number of ether oxygens (including phenoxy) is 2. The summed E-state index contributed by atoms with van der Waals surface area (Å²) >= 11 is 6.47. The molecule has 2 aliphatic carbocycles. The first-order chi connectivity index (χ1) is 24.1. The molecule has 1 saturated heterocycles. The lowest BCUT2D eigenvalue weighted by Gasteiger charge is -2.47. The van der Waals surface area contributed by atoms with Gasteiger partial charge in [0.15, 0.2) is 0 Å². The highest BCUT2D eigenvalue weighted by Crippen LogP contribution is 2.48. The molecule has 7 rings (SSSR count). The first kappa shape index (κ1) is 35.5. The second-order valence-electron chi connectivity index (χ2n) is 15.1. The van der Waals surface area contributed by atoms with Crippen molar-refractivity contribution in [1.29, 1.82) is 0 Å². The summed E-state index contributed by atoms with van der Waals surface area (Å²) in [5.41, 5.74) is 2.32. The van der Waals surface area contributed by atoms with Crippen LogP contribution >= 0.6 is 11.6 Å². The van der Waals surface area contributed by atoms with E-state index in [4.69, 9.17) is 21.1 Å². The smallest absolute Gasteiger partial charge is 0.263 e. The molecule has 2 bridgehead atoms. The van der Waals surface area contributed by atoms with Crippen LogP contribution in [0.3, 0.4) is 0 Å². The Morgan fingerprint density at radius 1 is 1.14 bits per heavy atom. The summed E-state index contributed by atoms with van der Waals surface area (Å²) in [5, 5.41) is 12.9. The van der Waals surface area contributed by atoms with Gasteiger partial charge in [-0.3, -0.25) is 14.4 Å². The molecule has 1 spiro atoms. The number of aryl methyl sites for hydroxylation is 1. The van der Waals surface area contributed by atoms with Gasteiger partial charge in [-0.2, -0.15) is 0 Å². The SMILES string of the molecule is CC1C/C=C/[C@](O)(C#CCCN2CCOCC2)C2CCC2CN2C[C@@]3(CCCc4cc(Cl)ccc43)COc3ccc(cc32)C(=O)NS(=O)C1C. The van der Waals surface area contributed by atoms with Crippen LogP contribution in [0.1, 0.15) is 73.9 Å². The molecule has 1 amide bonds. The third-order valence-corrected chi connectivity index (χ3v) is 13.7. The highest BCUT2D eigenvalue weighted by Gasteiger charge is 2.47. The maximum absolute atomic E-state index is 13.5. The summed E-state index contributed by atoms with van der Waals surface area (Å²) in [6.45, 7) is 10.1. The second kappa shape index (κ2) is 15.0. The summed E-state index contributed by atoms with van der Waals surface area (Å²) in [7, 11) is -1.59. The zero-order valence-electron chi connectivity index (χ0n) is 29.3. The van der Waals surface area contributed by atoms with Gasteiger partial charge < -0.3 is 19.5 Å². The number of anilines is 1. The van der Waals surface area contributed by atoms with E-state index in [0.717, 1.165) is 81.4 Å². The summed E-state index contributed by atoms with van der Waals surface area (Å²) in [6, 6.07) is 11.8. The number of halogens is 1. The Kier molecular flexibility index (Phi) is 10.7. The first-order valence-corrected chi connectivity index (χ1v) is 20.0. The van der Waals surface area contributed by atoms with Crippen LogP contribution in [0, 0.1) is 29.6 Å². The number of fused-ring (bicyclic) bond motifs is 4. The van der Waals surface area contributed by atoms with Gasteiger partial charge in [-0.1, -0.05) is 42.5 Å². The number of morpholine rings is 1. The van der Waals surface area contributed by atoms with Crippen molar-refractivity contribution in [2.24, 2.45) is 17.8 Å². The van der Waals surface area contributed by atoms with Crippen LogP contribution in [0.4, 0.5) is 5.69 Å². The normalized spacial score (nSPS) is 33.7. The average molecular weight is 720 g/mol. The van der Waals surface area contributed by atoms with E-state index < -0.39 is 16.6 Å². The Morgan fingerprint density at radius 2 is 1.98 bits per heavy atom. The fourth-order valence-corrected chi connectivity index (χ4v) is 9.73. The number of nitrogens with zero attached hydrogens (tertiary/aromatic N) is 2. The molecule has 0 radical (unpaired) electrons. The van der Waals surface area contributed by atoms with Gasteiger partial charge in [0.25, 0.3) is 5.91 Å². The van der Waals surface area contributed by atoms with E-state index in [1.54, 1.807) is 6.07 Å².